The molecule has 0 fully saturated rings. The minimum Gasteiger partial charge on any atom is -0.494 e. The van der Waals surface area contributed by atoms with E-state index >= 15 is 0 Å². The van der Waals surface area contributed by atoms with Gasteiger partial charge in [0.1, 0.15) is 12.1 Å². The molecule has 5 rings (SSSR count). The van der Waals surface area contributed by atoms with Crippen molar-refractivity contribution in [1.29, 1.82) is 10.5 Å². The highest BCUT2D eigenvalue weighted by molar-refractivity contribution is 7.26. The van der Waals surface area contributed by atoms with Crippen LogP contribution in [0, 0.1) is 22.7 Å². The van der Waals surface area contributed by atoms with E-state index in [0.29, 0.717) is 16.9 Å². The zero-order valence-electron chi connectivity index (χ0n) is 15.6. The molecular weight excluding hydrogens is 376 g/mol. The van der Waals surface area contributed by atoms with Crippen LogP contribution >= 0.6 is 11.3 Å². The Labute approximate surface area is 171 Å². The number of benzene rings is 4. The van der Waals surface area contributed by atoms with Gasteiger partial charge in [0, 0.05) is 20.2 Å². The lowest BCUT2D eigenvalue weighted by molar-refractivity contribution is 0.412. The molecular formula is C25H14N2OS. The third-order valence-corrected chi connectivity index (χ3v) is 6.33. The lowest BCUT2D eigenvalue weighted by Gasteiger charge is -2.13. The van der Waals surface area contributed by atoms with Crippen molar-refractivity contribution in [1.82, 2.24) is 0 Å². The second kappa shape index (κ2) is 6.63. The monoisotopic (exact) mass is 390 g/mol. The molecule has 5 aromatic rings. The van der Waals surface area contributed by atoms with Crippen molar-refractivity contribution < 1.29 is 4.74 Å². The summed E-state index contributed by atoms with van der Waals surface area (Å²) in [6, 6.07) is 26.8. The second-order valence-corrected chi connectivity index (χ2v) is 7.86. The fourth-order valence-electron chi connectivity index (χ4n) is 4.01. The number of hydrogen-bond acceptors (Lipinski definition) is 4. The maximum atomic E-state index is 9.66. The van der Waals surface area contributed by atoms with E-state index in [-0.39, 0.29) is 0 Å². The molecule has 3 nitrogen and oxygen atoms in total. The van der Waals surface area contributed by atoms with Gasteiger partial charge in [-0.3, -0.25) is 0 Å². The van der Waals surface area contributed by atoms with Crippen LogP contribution in [0.1, 0.15) is 11.1 Å². The van der Waals surface area contributed by atoms with Gasteiger partial charge in [-0.05, 0) is 46.2 Å². The van der Waals surface area contributed by atoms with Gasteiger partial charge in [0.2, 0.25) is 0 Å². The number of nitrogens with zero attached hydrogens (tertiary/aromatic N) is 2. The SMILES string of the molecule is COc1c(C#N)cc(-c2c3ccccc3cc3sc4ccccc4c23)cc1C#N. The summed E-state index contributed by atoms with van der Waals surface area (Å²) >= 11 is 1.76. The van der Waals surface area contributed by atoms with Crippen LogP contribution in [0.3, 0.4) is 0 Å². The Bertz CT molecular complexity index is 1480. The standard InChI is InChI=1S/C25H14N2OS/c1-28-25-17(13-26)10-16(11-18(25)14-27)23-19-7-3-2-6-15(19)12-22-24(23)20-8-4-5-9-21(20)29-22/h2-12H,1H3. The summed E-state index contributed by atoms with van der Waals surface area (Å²) in [7, 11) is 1.49. The van der Waals surface area contributed by atoms with Crippen LogP contribution < -0.4 is 4.74 Å². The minimum absolute atomic E-state index is 0.324. The van der Waals surface area contributed by atoms with Crippen molar-refractivity contribution in [2.45, 2.75) is 0 Å². The zero-order chi connectivity index (χ0) is 20.0. The number of hydrogen-bond donors (Lipinski definition) is 0. The first-order valence-electron chi connectivity index (χ1n) is 9.10. The van der Waals surface area contributed by atoms with E-state index in [1.165, 1.54) is 21.9 Å². The van der Waals surface area contributed by atoms with Gasteiger partial charge in [-0.1, -0.05) is 42.5 Å². The van der Waals surface area contributed by atoms with E-state index < -0.39 is 0 Å². The van der Waals surface area contributed by atoms with Gasteiger partial charge in [-0.15, -0.1) is 11.3 Å². The maximum Gasteiger partial charge on any atom is 0.154 e. The Hall–Kier alpha value is -3.86. The lowest BCUT2D eigenvalue weighted by Crippen LogP contribution is -1.94. The number of thiophene rings is 1. The molecule has 0 saturated heterocycles. The van der Waals surface area contributed by atoms with Crippen molar-refractivity contribution >= 4 is 42.3 Å². The number of rotatable bonds is 2. The van der Waals surface area contributed by atoms with E-state index in [4.69, 9.17) is 4.74 Å². The maximum absolute atomic E-state index is 9.66. The molecule has 0 spiro atoms. The van der Waals surface area contributed by atoms with Crippen LogP contribution in [0.5, 0.6) is 5.75 Å². The number of nitriles is 2. The molecule has 0 aliphatic heterocycles. The molecule has 0 aliphatic rings. The van der Waals surface area contributed by atoms with Crippen LogP contribution in [0.4, 0.5) is 0 Å². The van der Waals surface area contributed by atoms with Crippen LogP contribution in [-0.2, 0) is 0 Å². The molecule has 0 N–H and O–H groups in total. The molecule has 0 bridgehead atoms. The van der Waals surface area contributed by atoms with Gasteiger partial charge in [-0.2, -0.15) is 10.5 Å². The van der Waals surface area contributed by atoms with Crippen molar-refractivity contribution in [2.24, 2.45) is 0 Å². The molecule has 0 saturated carbocycles. The third kappa shape index (κ3) is 2.55. The molecule has 0 amide bonds. The Morgan fingerprint density at radius 2 is 1.45 bits per heavy atom. The average molecular weight is 390 g/mol. The second-order valence-electron chi connectivity index (χ2n) is 6.77. The molecule has 29 heavy (non-hydrogen) atoms. The Kier molecular flexibility index (Phi) is 3.95. The van der Waals surface area contributed by atoms with Gasteiger partial charge in [0.15, 0.2) is 5.75 Å². The molecule has 4 aromatic carbocycles. The topological polar surface area (TPSA) is 56.8 Å². The summed E-state index contributed by atoms with van der Waals surface area (Å²) in [4.78, 5) is 0. The highest BCUT2D eigenvalue weighted by Crippen LogP contribution is 2.45. The predicted octanol–water partition coefficient (Wildman–Crippen LogP) is 6.63. The summed E-state index contributed by atoms with van der Waals surface area (Å²) in [5, 5.41) is 23.9. The highest BCUT2D eigenvalue weighted by Gasteiger charge is 2.18. The van der Waals surface area contributed by atoms with E-state index in [1.54, 1.807) is 11.3 Å². The van der Waals surface area contributed by atoms with Gasteiger partial charge in [-0.25, -0.2) is 0 Å². The number of ether oxygens (including phenoxy) is 1. The van der Waals surface area contributed by atoms with Crippen molar-refractivity contribution in [3.8, 4) is 29.0 Å². The molecule has 0 aliphatic carbocycles. The summed E-state index contributed by atoms with van der Waals surface area (Å²) < 4.78 is 7.74. The number of fused-ring (bicyclic) bond motifs is 4. The minimum atomic E-state index is 0.324. The first-order valence-corrected chi connectivity index (χ1v) is 9.92. The Morgan fingerprint density at radius 3 is 2.14 bits per heavy atom. The molecule has 1 heterocycles. The van der Waals surface area contributed by atoms with Crippen LogP contribution in [-0.4, -0.2) is 7.11 Å². The Balaban J connectivity index is 2.01. The van der Waals surface area contributed by atoms with Crippen LogP contribution in [0.15, 0.2) is 66.7 Å². The number of methoxy groups -OCH3 is 1. The van der Waals surface area contributed by atoms with Crippen molar-refractivity contribution in [3.63, 3.8) is 0 Å². The predicted molar refractivity (Wildman–Crippen MR) is 118 cm³/mol. The lowest BCUT2D eigenvalue weighted by atomic mass is 9.91. The quantitative estimate of drug-likeness (QED) is 0.340. The normalized spacial score (nSPS) is 10.9. The van der Waals surface area contributed by atoms with Gasteiger partial charge < -0.3 is 4.74 Å². The van der Waals surface area contributed by atoms with Crippen LogP contribution in [0.2, 0.25) is 0 Å². The summed E-state index contributed by atoms with van der Waals surface area (Å²) in [6.45, 7) is 0. The highest BCUT2D eigenvalue weighted by atomic mass is 32.1. The van der Waals surface area contributed by atoms with E-state index in [1.807, 2.05) is 36.4 Å². The smallest absolute Gasteiger partial charge is 0.154 e. The largest absolute Gasteiger partial charge is 0.494 e. The molecule has 0 atom stereocenters. The van der Waals surface area contributed by atoms with Gasteiger partial charge in [0.05, 0.1) is 18.2 Å². The van der Waals surface area contributed by atoms with Gasteiger partial charge in [0.25, 0.3) is 0 Å². The molecule has 4 heteroatoms. The third-order valence-electron chi connectivity index (χ3n) is 5.21. The van der Waals surface area contributed by atoms with E-state index in [0.717, 1.165) is 27.3 Å². The first kappa shape index (κ1) is 17.3. The van der Waals surface area contributed by atoms with E-state index in [2.05, 4.69) is 42.5 Å². The van der Waals surface area contributed by atoms with Crippen molar-refractivity contribution in [2.75, 3.05) is 7.11 Å². The first-order chi connectivity index (χ1) is 14.2. The molecule has 1 aromatic heterocycles. The van der Waals surface area contributed by atoms with E-state index in [9.17, 15) is 10.5 Å². The summed E-state index contributed by atoms with van der Waals surface area (Å²) in [5.41, 5.74) is 2.62. The van der Waals surface area contributed by atoms with Crippen molar-refractivity contribution in [3.05, 3.63) is 77.9 Å². The fraction of sp³-hybridized carbons (Fsp3) is 0.0400. The Morgan fingerprint density at radius 1 is 0.793 bits per heavy atom. The van der Waals surface area contributed by atoms with Crippen LogP contribution in [0.25, 0.3) is 42.1 Å². The van der Waals surface area contributed by atoms with Gasteiger partial charge >= 0.3 is 0 Å². The fourth-order valence-corrected chi connectivity index (χ4v) is 5.17. The molecule has 136 valence electrons. The zero-order valence-corrected chi connectivity index (χ0v) is 16.4. The average Bonchev–Trinajstić information content (AvgIpc) is 3.14. The summed E-state index contributed by atoms with van der Waals surface area (Å²) in [5.74, 6) is 0.324. The molecule has 0 unspecified atom stereocenters. The molecule has 0 radical (unpaired) electrons. The summed E-state index contributed by atoms with van der Waals surface area (Å²) in [6.07, 6.45) is 0.